The molecule has 1 fully saturated rings. The van der Waals surface area contributed by atoms with Crippen molar-refractivity contribution >= 4 is 11.8 Å². The van der Waals surface area contributed by atoms with Crippen LogP contribution in [0.4, 0.5) is 11.8 Å². The van der Waals surface area contributed by atoms with Gasteiger partial charge in [0, 0.05) is 51.9 Å². The lowest BCUT2D eigenvalue weighted by molar-refractivity contribution is 0.247. The molecule has 1 aliphatic heterocycles. The first-order valence-corrected chi connectivity index (χ1v) is 9.14. The van der Waals surface area contributed by atoms with Gasteiger partial charge in [-0.1, -0.05) is 0 Å². The van der Waals surface area contributed by atoms with Gasteiger partial charge in [-0.25, -0.2) is 15.0 Å². The largest absolute Gasteiger partial charge is 0.478 e. The van der Waals surface area contributed by atoms with Crippen LogP contribution in [0.25, 0.3) is 0 Å². The van der Waals surface area contributed by atoms with Gasteiger partial charge in [-0.2, -0.15) is 0 Å². The van der Waals surface area contributed by atoms with Gasteiger partial charge >= 0.3 is 0 Å². The molecule has 27 heavy (non-hydrogen) atoms. The summed E-state index contributed by atoms with van der Waals surface area (Å²) >= 11 is 0. The van der Waals surface area contributed by atoms with E-state index in [1.54, 1.807) is 17.3 Å². The highest BCUT2D eigenvalue weighted by Gasteiger charge is 2.27. The van der Waals surface area contributed by atoms with E-state index in [-0.39, 0.29) is 5.56 Å². The first-order chi connectivity index (χ1) is 13.0. The van der Waals surface area contributed by atoms with Crippen LogP contribution in [0, 0.1) is 0 Å². The van der Waals surface area contributed by atoms with E-state index in [1.807, 2.05) is 27.1 Å². The molecule has 2 aromatic rings. The van der Waals surface area contributed by atoms with Gasteiger partial charge in [0.2, 0.25) is 11.8 Å². The lowest BCUT2D eigenvalue weighted by atomic mass is 10.2. The van der Waals surface area contributed by atoms with E-state index in [4.69, 9.17) is 4.74 Å². The molecule has 0 amide bonds. The highest BCUT2D eigenvalue weighted by Crippen LogP contribution is 2.23. The Morgan fingerprint density at radius 3 is 2.85 bits per heavy atom. The standard InChI is InChI=1S/C18H27N7O2/c1-5-27-17-9-15(19-12-20-17)25-7-6-14(11-25)24(4)10-13-8-16(26)22-18(21-13)23(2)3/h8-9,12,14H,5-7,10-11H2,1-4H3,(H,21,22,26)/t14-/m0/s1. The minimum Gasteiger partial charge on any atom is -0.478 e. The Morgan fingerprint density at radius 1 is 1.30 bits per heavy atom. The monoisotopic (exact) mass is 373 g/mol. The minimum atomic E-state index is -0.130. The van der Waals surface area contributed by atoms with E-state index < -0.39 is 0 Å². The normalized spacial score (nSPS) is 16.8. The molecule has 2 aromatic heterocycles. The highest BCUT2D eigenvalue weighted by molar-refractivity contribution is 5.42. The molecule has 0 aromatic carbocycles. The second kappa shape index (κ2) is 8.34. The number of aromatic nitrogens is 4. The lowest BCUT2D eigenvalue weighted by Gasteiger charge is -2.25. The number of rotatable bonds is 7. The number of likely N-dealkylation sites (N-methyl/N-ethyl adjacent to an activating group) is 1. The van der Waals surface area contributed by atoms with Gasteiger partial charge in [0.25, 0.3) is 5.56 Å². The molecule has 146 valence electrons. The van der Waals surface area contributed by atoms with Gasteiger partial charge in [0.1, 0.15) is 12.1 Å². The number of nitrogens with zero attached hydrogens (tertiary/aromatic N) is 6. The van der Waals surface area contributed by atoms with Crippen LogP contribution in [0.2, 0.25) is 0 Å². The second-order valence-corrected chi connectivity index (χ2v) is 6.91. The van der Waals surface area contributed by atoms with Gasteiger partial charge in [-0.15, -0.1) is 0 Å². The quantitative estimate of drug-likeness (QED) is 0.760. The molecule has 3 heterocycles. The zero-order valence-corrected chi connectivity index (χ0v) is 16.3. The molecule has 0 aliphatic carbocycles. The van der Waals surface area contributed by atoms with E-state index in [0.717, 1.165) is 31.0 Å². The fraction of sp³-hybridized carbons (Fsp3) is 0.556. The smallest absolute Gasteiger partial charge is 0.252 e. The third-order valence-corrected chi connectivity index (χ3v) is 4.65. The summed E-state index contributed by atoms with van der Waals surface area (Å²) in [5.41, 5.74) is 0.638. The number of hydrogen-bond donors (Lipinski definition) is 1. The number of nitrogens with one attached hydrogen (secondary N) is 1. The van der Waals surface area contributed by atoms with Crippen LogP contribution < -0.4 is 20.1 Å². The Bertz CT molecular complexity index is 823. The van der Waals surface area contributed by atoms with Gasteiger partial charge in [-0.05, 0) is 20.4 Å². The SMILES string of the molecule is CCOc1cc(N2CC[C@H](N(C)Cc3cc(=O)[nH]c(N(C)C)n3)C2)ncn1. The van der Waals surface area contributed by atoms with Gasteiger partial charge in [-0.3, -0.25) is 14.7 Å². The van der Waals surface area contributed by atoms with Gasteiger partial charge in [0.15, 0.2) is 0 Å². The van der Waals surface area contributed by atoms with E-state index in [0.29, 0.717) is 31.0 Å². The van der Waals surface area contributed by atoms with Crippen LogP contribution in [0.5, 0.6) is 5.88 Å². The molecule has 1 saturated heterocycles. The Labute approximate surface area is 159 Å². The maximum Gasteiger partial charge on any atom is 0.252 e. The van der Waals surface area contributed by atoms with E-state index in [1.165, 1.54) is 0 Å². The number of ether oxygens (including phenoxy) is 1. The number of aromatic amines is 1. The lowest BCUT2D eigenvalue weighted by Crippen LogP contribution is -2.35. The summed E-state index contributed by atoms with van der Waals surface area (Å²) in [7, 11) is 5.79. The van der Waals surface area contributed by atoms with Crippen molar-refractivity contribution in [3.8, 4) is 5.88 Å². The van der Waals surface area contributed by atoms with Crippen molar-refractivity contribution < 1.29 is 4.74 Å². The van der Waals surface area contributed by atoms with Gasteiger partial charge in [0.05, 0.1) is 12.3 Å². The molecule has 0 saturated carbocycles. The molecule has 9 nitrogen and oxygen atoms in total. The molecule has 0 unspecified atom stereocenters. The van der Waals surface area contributed by atoms with Crippen LogP contribution in [0.15, 0.2) is 23.3 Å². The fourth-order valence-corrected chi connectivity index (χ4v) is 3.21. The average Bonchev–Trinajstić information content (AvgIpc) is 3.12. The Hall–Kier alpha value is -2.68. The van der Waals surface area contributed by atoms with E-state index in [2.05, 4.69) is 36.8 Å². The molecular weight excluding hydrogens is 346 g/mol. The van der Waals surface area contributed by atoms with Crippen molar-refractivity contribution in [3.63, 3.8) is 0 Å². The molecule has 9 heteroatoms. The molecule has 1 N–H and O–H groups in total. The van der Waals surface area contributed by atoms with Crippen molar-refractivity contribution in [1.82, 2.24) is 24.8 Å². The highest BCUT2D eigenvalue weighted by atomic mass is 16.5. The summed E-state index contributed by atoms with van der Waals surface area (Å²) < 4.78 is 5.47. The Morgan fingerprint density at radius 2 is 2.11 bits per heavy atom. The summed E-state index contributed by atoms with van der Waals surface area (Å²) in [5.74, 6) is 2.06. The number of H-pyrrole nitrogens is 1. The predicted molar refractivity (Wildman–Crippen MR) is 104 cm³/mol. The summed E-state index contributed by atoms with van der Waals surface area (Å²) in [5, 5.41) is 0. The van der Waals surface area contributed by atoms with E-state index >= 15 is 0 Å². The molecule has 0 spiro atoms. The summed E-state index contributed by atoms with van der Waals surface area (Å²) in [6.45, 7) is 4.93. The maximum absolute atomic E-state index is 11.9. The van der Waals surface area contributed by atoms with Crippen LogP contribution in [0.3, 0.4) is 0 Å². The van der Waals surface area contributed by atoms with Crippen LogP contribution >= 0.6 is 0 Å². The zero-order chi connectivity index (χ0) is 19.4. The average molecular weight is 373 g/mol. The first kappa shape index (κ1) is 19.1. The minimum absolute atomic E-state index is 0.130. The molecule has 0 bridgehead atoms. The fourth-order valence-electron chi connectivity index (χ4n) is 3.21. The first-order valence-electron chi connectivity index (χ1n) is 9.14. The summed E-state index contributed by atoms with van der Waals surface area (Å²) in [6, 6.07) is 3.81. The van der Waals surface area contributed by atoms with Crippen molar-refractivity contribution in [2.45, 2.75) is 25.9 Å². The van der Waals surface area contributed by atoms with E-state index in [9.17, 15) is 4.79 Å². The summed E-state index contributed by atoms with van der Waals surface area (Å²) in [6.07, 6.45) is 2.56. The van der Waals surface area contributed by atoms with Crippen LogP contribution in [0.1, 0.15) is 19.0 Å². The van der Waals surface area contributed by atoms with Crippen LogP contribution in [-0.4, -0.2) is 71.7 Å². The Balaban J connectivity index is 1.65. The molecule has 1 atom stereocenters. The number of hydrogen-bond acceptors (Lipinski definition) is 8. The number of anilines is 2. The molecule has 0 radical (unpaired) electrons. The van der Waals surface area contributed by atoms with Crippen molar-refractivity contribution in [3.05, 3.63) is 34.5 Å². The molecular formula is C18H27N7O2. The van der Waals surface area contributed by atoms with Crippen molar-refractivity contribution in [2.24, 2.45) is 0 Å². The molecule has 3 rings (SSSR count). The van der Waals surface area contributed by atoms with Crippen molar-refractivity contribution in [2.75, 3.05) is 50.6 Å². The second-order valence-electron chi connectivity index (χ2n) is 6.91. The zero-order valence-electron chi connectivity index (χ0n) is 16.3. The Kier molecular flexibility index (Phi) is 5.90. The maximum atomic E-state index is 11.9. The predicted octanol–water partition coefficient (Wildman–Crippen LogP) is 0.735. The van der Waals surface area contributed by atoms with Crippen LogP contribution in [-0.2, 0) is 6.54 Å². The van der Waals surface area contributed by atoms with Gasteiger partial charge < -0.3 is 14.5 Å². The third-order valence-electron chi connectivity index (χ3n) is 4.65. The molecule has 1 aliphatic rings. The third kappa shape index (κ3) is 4.73. The summed E-state index contributed by atoms with van der Waals surface area (Å²) in [4.78, 5) is 33.9. The van der Waals surface area contributed by atoms with Crippen molar-refractivity contribution in [1.29, 1.82) is 0 Å². The topological polar surface area (TPSA) is 90.5 Å².